The number of hydrogen-bond donors (Lipinski definition) is 1. The molecule has 33 heavy (non-hydrogen) atoms. The molecule has 0 bridgehead atoms. The summed E-state index contributed by atoms with van der Waals surface area (Å²) in [6.07, 6.45) is 0.0251. The summed E-state index contributed by atoms with van der Waals surface area (Å²) in [6.45, 7) is 1.83. The fourth-order valence-electron chi connectivity index (χ4n) is 3.54. The lowest BCUT2D eigenvalue weighted by atomic mass is 10.2. The molecule has 1 atom stereocenters. The quantitative estimate of drug-likeness (QED) is 0.544. The highest BCUT2D eigenvalue weighted by Crippen LogP contribution is 2.34. The van der Waals surface area contributed by atoms with E-state index in [1.165, 1.54) is 18.2 Å². The molecule has 170 valence electrons. The highest BCUT2D eigenvalue weighted by Gasteiger charge is 2.44. The molecule has 3 aromatic carbocycles. The second-order valence-corrected chi connectivity index (χ2v) is 9.86. The lowest BCUT2D eigenvalue weighted by Crippen LogP contribution is -2.45. The number of nitrogens with one attached hydrogen (secondary N) is 1. The van der Waals surface area contributed by atoms with Crippen LogP contribution in [-0.2, 0) is 19.6 Å². The molecular formula is C24H21ClN2O5S. The van der Waals surface area contributed by atoms with Crippen LogP contribution in [0.2, 0.25) is 5.02 Å². The van der Waals surface area contributed by atoms with Crippen molar-refractivity contribution in [2.75, 3.05) is 5.32 Å². The summed E-state index contributed by atoms with van der Waals surface area (Å²) in [5.41, 5.74) is 1.14. The zero-order valence-corrected chi connectivity index (χ0v) is 19.3. The Balaban J connectivity index is 1.61. The second-order valence-electron chi connectivity index (χ2n) is 7.61. The van der Waals surface area contributed by atoms with Gasteiger partial charge in [0.1, 0.15) is 11.8 Å². The van der Waals surface area contributed by atoms with E-state index in [0.29, 0.717) is 20.8 Å². The minimum Gasteiger partial charge on any atom is -0.455 e. The molecule has 1 fully saturated rings. The van der Waals surface area contributed by atoms with E-state index in [1.54, 1.807) is 36.4 Å². The Hall–Kier alpha value is -3.36. The number of benzene rings is 3. The van der Waals surface area contributed by atoms with Crippen molar-refractivity contribution in [3.63, 3.8) is 0 Å². The molecule has 7 nitrogen and oxygen atoms in total. The van der Waals surface area contributed by atoms with Crippen molar-refractivity contribution in [3.05, 3.63) is 83.4 Å². The lowest BCUT2D eigenvalue weighted by molar-refractivity contribution is -0.128. The number of rotatable bonds is 6. The van der Waals surface area contributed by atoms with E-state index in [4.69, 9.17) is 16.3 Å². The van der Waals surface area contributed by atoms with Crippen LogP contribution in [0.25, 0.3) is 0 Å². The number of ether oxygens (including phenoxy) is 1. The van der Waals surface area contributed by atoms with Crippen molar-refractivity contribution in [3.8, 4) is 11.5 Å². The molecule has 1 saturated heterocycles. The zero-order chi connectivity index (χ0) is 23.6. The third-order valence-electron chi connectivity index (χ3n) is 5.21. The number of sulfonamides is 1. The van der Waals surface area contributed by atoms with Crippen LogP contribution in [0.15, 0.2) is 77.7 Å². The van der Waals surface area contributed by atoms with Gasteiger partial charge in [-0.15, -0.1) is 0 Å². The average Bonchev–Trinajstić information content (AvgIpc) is 3.19. The predicted molar refractivity (Wildman–Crippen MR) is 125 cm³/mol. The minimum atomic E-state index is -4.19. The normalized spacial score (nSPS) is 16.0. The van der Waals surface area contributed by atoms with E-state index in [9.17, 15) is 18.0 Å². The van der Waals surface area contributed by atoms with Crippen LogP contribution in [0, 0.1) is 6.92 Å². The monoisotopic (exact) mass is 484 g/mol. The molecule has 4 rings (SSSR count). The van der Waals surface area contributed by atoms with Crippen LogP contribution >= 0.6 is 11.6 Å². The van der Waals surface area contributed by atoms with Gasteiger partial charge >= 0.3 is 0 Å². The standard InChI is InChI=1S/C24H21ClN2O5S/c1-16-7-10-19(11-8-16)33(30,31)27-21(12-14-23(27)28)24(29)26-20-15-17(25)9-13-22(20)32-18-5-3-2-4-6-18/h2-11,13,15,21H,12,14H2,1H3,(H,26,29)/t21-/m1/s1. The molecule has 0 unspecified atom stereocenters. The van der Waals surface area contributed by atoms with E-state index in [-0.39, 0.29) is 23.4 Å². The molecular weight excluding hydrogens is 464 g/mol. The molecule has 1 heterocycles. The Labute approximate surface area is 197 Å². The number of carbonyl (C=O) groups is 2. The first-order valence-corrected chi connectivity index (χ1v) is 12.0. The van der Waals surface area contributed by atoms with Crippen LogP contribution in [-0.4, -0.2) is 30.6 Å². The highest BCUT2D eigenvalue weighted by molar-refractivity contribution is 7.89. The van der Waals surface area contributed by atoms with Gasteiger partial charge in [0.05, 0.1) is 10.6 Å². The molecule has 0 spiro atoms. The van der Waals surface area contributed by atoms with Crippen molar-refractivity contribution in [2.24, 2.45) is 0 Å². The summed E-state index contributed by atoms with van der Waals surface area (Å²) in [7, 11) is -4.19. The topological polar surface area (TPSA) is 92.8 Å². The average molecular weight is 485 g/mol. The molecule has 2 amide bonds. The number of halogens is 1. The van der Waals surface area contributed by atoms with E-state index in [1.807, 2.05) is 25.1 Å². The molecule has 0 aromatic heterocycles. The van der Waals surface area contributed by atoms with Gasteiger partial charge in [-0.3, -0.25) is 9.59 Å². The number of nitrogens with zero attached hydrogens (tertiary/aromatic N) is 1. The highest BCUT2D eigenvalue weighted by atomic mass is 35.5. The van der Waals surface area contributed by atoms with Gasteiger partial charge in [-0.05, 0) is 55.8 Å². The number of carbonyl (C=O) groups excluding carboxylic acids is 2. The number of para-hydroxylation sites is 1. The summed E-state index contributed by atoms with van der Waals surface area (Å²) < 4.78 is 32.9. The molecule has 1 N–H and O–H groups in total. The van der Waals surface area contributed by atoms with Gasteiger partial charge in [0, 0.05) is 11.4 Å². The van der Waals surface area contributed by atoms with Crippen molar-refractivity contribution in [2.45, 2.75) is 30.7 Å². The summed E-state index contributed by atoms with van der Waals surface area (Å²) >= 11 is 6.11. The van der Waals surface area contributed by atoms with E-state index in [2.05, 4.69) is 5.32 Å². The van der Waals surface area contributed by atoms with Crippen LogP contribution in [0.3, 0.4) is 0 Å². The summed E-state index contributed by atoms with van der Waals surface area (Å²) in [4.78, 5) is 25.6. The summed E-state index contributed by atoms with van der Waals surface area (Å²) in [5, 5.41) is 3.05. The summed E-state index contributed by atoms with van der Waals surface area (Å²) in [6, 6.07) is 18.6. The Morgan fingerprint density at radius 1 is 1.06 bits per heavy atom. The van der Waals surface area contributed by atoms with Crippen molar-refractivity contribution in [1.29, 1.82) is 0 Å². The molecule has 1 aliphatic heterocycles. The van der Waals surface area contributed by atoms with Crippen LogP contribution in [0.1, 0.15) is 18.4 Å². The maximum Gasteiger partial charge on any atom is 0.267 e. The predicted octanol–water partition coefficient (Wildman–Crippen LogP) is 4.76. The first-order valence-electron chi connectivity index (χ1n) is 10.2. The van der Waals surface area contributed by atoms with Gasteiger partial charge in [-0.25, -0.2) is 12.7 Å². The third kappa shape index (κ3) is 4.86. The minimum absolute atomic E-state index is 0.0444. The first-order chi connectivity index (χ1) is 15.8. The molecule has 3 aromatic rings. The van der Waals surface area contributed by atoms with Gasteiger partial charge in [0.2, 0.25) is 11.8 Å². The molecule has 0 radical (unpaired) electrons. The molecule has 1 aliphatic rings. The Morgan fingerprint density at radius 3 is 2.45 bits per heavy atom. The Kier molecular flexibility index (Phi) is 6.40. The molecule has 9 heteroatoms. The SMILES string of the molecule is Cc1ccc(S(=O)(=O)N2C(=O)CC[C@@H]2C(=O)Nc2cc(Cl)ccc2Oc2ccccc2)cc1. The van der Waals surface area contributed by atoms with Crippen molar-refractivity contribution >= 4 is 39.1 Å². The fourth-order valence-corrected chi connectivity index (χ4v) is 5.32. The van der Waals surface area contributed by atoms with Crippen molar-refractivity contribution < 1.29 is 22.7 Å². The number of amides is 2. The van der Waals surface area contributed by atoms with Crippen molar-refractivity contribution in [1.82, 2.24) is 4.31 Å². The number of hydrogen-bond acceptors (Lipinski definition) is 5. The number of anilines is 1. The van der Waals surface area contributed by atoms with Gasteiger partial charge in [0.15, 0.2) is 5.75 Å². The van der Waals surface area contributed by atoms with Crippen LogP contribution < -0.4 is 10.1 Å². The zero-order valence-electron chi connectivity index (χ0n) is 17.7. The van der Waals surface area contributed by atoms with Gasteiger partial charge in [0.25, 0.3) is 10.0 Å². The van der Waals surface area contributed by atoms with Gasteiger partial charge in [-0.2, -0.15) is 0 Å². The van der Waals surface area contributed by atoms with Crippen LogP contribution in [0.4, 0.5) is 5.69 Å². The Bertz CT molecular complexity index is 1290. The second kappa shape index (κ2) is 9.25. The number of aryl methyl sites for hydroxylation is 1. The smallest absolute Gasteiger partial charge is 0.267 e. The molecule has 0 aliphatic carbocycles. The maximum atomic E-state index is 13.2. The first kappa shape index (κ1) is 22.8. The lowest BCUT2D eigenvalue weighted by Gasteiger charge is -2.24. The largest absolute Gasteiger partial charge is 0.455 e. The third-order valence-corrected chi connectivity index (χ3v) is 7.29. The van der Waals surface area contributed by atoms with E-state index < -0.39 is 27.9 Å². The Morgan fingerprint density at radius 2 is 1.76 bits per heavy atom. The fraction of sp³-hybridized carbons (Fsp3) is 0.167. The molecule has 0 saturated carbocycles. The van der Waals surface area contributed by atoms with E-state index in [0.717, 1.165) is 5.56 Å². The van der Waals surface area contributed by atoms with Gasteiger partial charge in [-0.1, -0.05) is 47.5 Å². The maximum absolute atomic E-state index is 13.2. The summed E-state index contributed by atoms with van der Waals surface area (Å²) in [5.74, 6) is -0.384. The van der Waals surface area contributed by atoms with Crippen LogP contribution in [0.5, 0.6) is 11.5 Å². The van der Waals surface area contributed by atoms with Gasteiger partial charge < -0.3 is 10.1 Å². The van der Waals surface area contributed by atoms with E-state index >= 15 is 0 Å².